The fraction of sp³-hybridized carbons (Fsp3) is 0.321. The number of nitrogens with two attached hydrogens (primary N) is 1. The average molecular weight is 484 g/mol. The topological polar surface area (TPSA) is 101 Å². The third-order valence-corrected chi connectivity index (χ3v) is 7.31. The molecule has 1 aliphatic carbocycles. The Bertz CT molecular complexity index is 1330. The standard InChI is InChI=1S/C28H29N5O3/c29-27(34)24-17-25(18-1-4-21(5-2-18)32-9-7-30-8-10-32)31-26-22-6-3-19(15-20(22)16-23(24)26)28(35)33-11-13-36-14-12-33/h1-6,15,17,30H,7-14,16H2,(H2,29,34). The molecule has 0 radical (unpaired) electrons. The van der Waals surface area contributed by atoms with Crippen LogP contribution in [0, 0.1) is 0 Å². The minimum Gasteiger partial charge on any atom is -0.378 e. The first-order valence-electron chi connectivity index (χ1n) is 12.5. The molecule has 2 amide bonds. The molecule has 0 bridgehead atoms. The summed E-state index contributed by atoms with van der Waals surface area (Å²) in [6.07, 6.45) is 0.530. The van der Waals surface area contributed by atoms with E-state index in [0.717, 1.165) is 59.8 Å². The molecular formula is C28H29N5O3. The lowest BCUT2D eigenvalue weighted by atomic mass is 10.0. The van der Waals surface area contributed by atoms with Gasteiger partial charge in [0.2, 0.25) is 5.91 Å². The summed E-state index contributed by atoms with van der Waals surface area (Å²) in [6, 6.07) is 15.9. The summed E-state index contributed by atoms with van der Waals surface area (Å²) in [7, 11) is 0. The molecule has 36 heavy (non-hydrogen) atoms. The van der Waals surface area contributed by atoms with Gasteiger partial charge in [0.25, 0.3) is 5.91 Å². The number of piperazine rings is 1. The van der Waals surface area contributed by atoms with E-state index in [1.54, 1.807) is 6.07 Å². The summed E-state index contributed by atoms with van der Waals surface area (Å²) in [5.41, 5.74) is 13.3. The van der Waals surface area contributed by atoms with Crippen molar-refractivity contribution in [3.05, 3.63) is 70.8 Å². The third kappa shape index (κ3) is 4.12. The number of primary amides is 1. The van der Waals surface area contributed by atoms with Gasteiger partial charge in [-0.1, -0.05) is 18.2 Å². The highest BCUT2D eigenvalue weighted by Crippen LogP contribution is 2.39. The summed E-state index contributed by atoms with van der Waals surface area (Å²) in [5.74, 6) is -0.463. The predicted molar refractivity (Wildman–Crippen MR) is 138 cm³/mol. The van der Waals surface area contributed by atoms with Crippen LogP contribution < -0.4 is 16.0 Å². The number of morpholine rings is 1. The number of benzene rings is 2. The van der Waals surface area contributed by atoms with Gasteiger partial charge in [-0.2, -0.15) is 0 Å². The minimum absolute atomic E-state index is 0.00501. The molecule has 2 aromatic carbocycles. The highest BCUT2D eigenvalue weighted by molar-refractivity contribution is 6.00. The quantitative estimate of drug-likeness (QED) is 0.462. The van der Waals surface area contributed by atoms with E-state index in [1.807, 2.05) is 23.1 Å². The Balaban J connectivity index is 1.33. The van der Waals surface area contributed by atoms with Crippen LogP contribution in [0.3, 0.4) is 0 Å². The van der Waals surface area contributed by atoms with Gasteiger partial charge in [-0.15, -0.1) is 0 Å². The van der Waals surface area contributed by atoms with E-state index in [2.05, 4.69) is 34.5 Å². The largest absolute Gasteiger partial charge is 0.378 e. The van der Waals surface area contributed by atoms with E-state index < -0.39 is 5.91 Å². The van der Waals surface area contributed by atoms with Crippen LogP contribution in [0.5, 0.6) is 0 Å². The molecule has 3 heterocycles. The lowest BCUT2D eigenvalue weighted by Crippen LogP contribution is -2.43. The van der Waals surface area contributed by atoms with Gasteiger partial charge in [0, 0.05) is 73.6 Å². The molecule has 6 rings (SSSR count). The maximum Gasteiger partial charge on any atom is 0.254 e. The molecule has 8 nitrogen and oxygen atoms in total. The zero-order valence-electron chi connectivity index (χ0n) is 20.1. The van der Waals surface area contributed by atoms with Gasteiger partial charge in [0.05, 0.1) is 24.6 Å². The van der Waals surface area contributed by atoms with Gasteiger partial charge < -0.3 is 25.6 Å². The van der Waals surface area contributed by atoms with Crippen LogP contribution in [-0.4, -0.2) is 74.2 Å². The van der Waals surface area contributed by atoms with E-state index in [4.69, 9.17) is 15.5 Å². The maximum absolute atomic E-state index is 13.0. The molecule has 0 unspecified atom stereocenters. The van der Waals surface area contributed by atoms with Crippen molar-refractivity contribution >= 4 is 17.5 Å². The number of hydrogen-bond acceptors (Lipinski definition) is 6. The number of nitrogens with one attached hydrogen (secondary N) is 1. The Morgan fingerprint density at radius 1 is 0.944 bits per heavy atom. The molecule has 2 saturated heterocycles. The van der Waals surface area contributed by atoms with Crippen LogP contribution in [-0.2, 0) is 11.2 Å². The van der Waals surface area contributed by atoms with Crippen molar-refractivity contribution in [3.63, 3.8) is 0 Å². The Morgan fingerprint density at radius 3 is 2.42 bits per heavy atom. The third-order valence-electron chi connectivity index (χ3n) is 7.31. The highest BCUT2D eigenvalue weighted by atomic mass is 16.5. The van der Waals surface area contributed by atoms with Gasteiger partial charge in [-0.05, 0) is 41.5 Å². The van der Waals surface area contributed by atoms with E-state index >= 15 is 0 Å². The second-order valence-corrected chi connectivity index (χ2v) is 9.48. The molecule has 3 N–H and O–H groups in total. The van der Waals surface area contributed by atoms with Gasteiger partial charge in [0.1, 0.15) is 0 Å². The van der Waals surface area contributed by atoms with Gasteiger partial charge in [0.15, 0.2) is 0 Å². The summed E-state index contributed by atoms with van der Waals surface area (Å²) >= 11 is 0. The number of amides is 2. The Labute approximate surface area is 210 Å². The first-order chi connectivity index (χ1) is 17.6. The number of aromatic nitrogens is 1. The highest BCUT2D eigenvalue weighted by Gasteiger charge is 2.28. The van der Waals surface area contributed by atoms with Crippen LogP contribution >= 0.6 is 0 Å². The van der Waals surface area contributed by atoms with Crippen molar-refractivity contribution in [2.24, 2.45) is 5.73 Å². The number of nitrogens with zero attached hydrogens (tertiary/aromatic N) is 3. The molecule has 0 atom stereocenters. The van der Waals surface area contributed by atoms with Crippen molar-refractivity contribution in [1.82, 2.24) is 15.2 Å². The molecule has 184 valence electrons. The summed E-state index contributed by atoms with van der Waals surface area (Å²) in [5, 5.41) is 3.38. The van der Waals surface area contributed by atoms with Crippen LogP contribution in [0.25, 0.3) is 22.5 Å². The minimum atomic E-state index is -0.468. The first kappa shape index (κ1) is 22.7. The SMILES string of the molecule is NC(=O)c1cc(-c2ccc(N3CCNCC3)cc2)nc2c1Cc1cc(C(=O)N3CCOCC3)ccc1-2. The molecule has 2 fully saturated rings. The molecule has 3 aliphatic rings. The first-order valence-corrected chi connectivity index (χ1v) is 12.5. The molecule has 2 aliphatic heterocycles. The van der Waals surface area contributed by atoms with Crippen LogP contribution in [0.1, 0.15) is 31.8 Å². The molecular weight excluding hydrogens is 454 g/mol. The predicted octanol–water partition coefficient (Wildman–Crippen LogP) is 2.30. The zero-order valence-corrected chi connectivity index (χ0v) is 20.1. The Kier molecular flexibility index (Phi) is 5.91. The van der Waals surface area contributed by atoms with Crippen molar-refractivity contribution < 1.29 is 14.3 Å². The second-order valence-electron chi connectivity index (χ2n) is 9.48. The normalized spacial score (nSPS) is 17.0. The fourth-order valence-corrected chi connectivity index (χ4v) is 5.35. The number of anilines is 1. The van der Waals surface area contributed by atoms with Crippen LogP contribution in [0.15, 0.2) is 48.5 Å². The monoisotopic (exact) mass is 483 g/mol. The van der Waals surface area contributed by atoms with E-state index in [9.17, 15) is 9.59 Å². The molecule has 3 aromatic rings. The average Bonchev–Trinajstić information content (AvgIpc) is 3.31. The molecule has 0 spiro atoms. The maximum atomic E-state index is 13.0. The Hall–Kier alpha value is -3.75. The lowest BCUT2D eigenvalue weighted by molar-refractivity contribution is 0.0303. The van der Waals surface area contributed by atoms with Crippen molar-refractivity contribution in [1.29, 1.82) is 0 Å². The lowest BCUT2D eigenvalue weighted by Gasteiger charge is -2.29. The molecule has 1 aromatic heterocycles. The fourth-order valence-electron chi connectivity index (χ4n) is 5.35. The van der Waals surface area contributed by atoms with Gasteiger partial charge >= 0.3 is 0 Å². The van der Waals surface area contributed by atoms with Crippen LogP contribution in [0.4, 0.5) is 5.69 Å². The van der Waals surface area contributed by atoms with Crippen molar-refractivity contribution in [2.45, 2.75) is 6.42 Å². The summed E-state index contributed by atoms with van der Waals surface area (Å²) in [6.45, 7) is 6.25. The van der Waals surface area contributed by atoms with Gasteiger partial charge in [-0.25, -0.2) is 4.98 Å². The number of pyridine rings is 1. The van der Waals surface area contributed by atoms with Gasteiger partial charge in [-0.3, -0.25) is 9.59 Å². The second kappa shape index (κ2) is 9.37. The van der Waals surface area contributed by atoms with E-state index in [-0.39, 0.29) is 5.91 Å². The number of fused-ring (bicyclic) bond motifs is 3. The Morgan fingerprint density at radius 2 is 1.69 bits per heavy atom. The number of hydrogen-bond donors (Lipinski definition) is 2. The number of ether oxygens (including phenoxy) is 1. The molecule has 0 saturated carbocycles. The van der Waals surface area contributed by atoms with E-state index in [1.165, 1.54) is 5.69 Å². The van der Waals surface area contributed by atoms with Crippen LogP contribution in [0.2, 0.25) is 0 Å². The number of rotatable bonds is 4. The number of carbonyl (C=O) groups excluding carboxylic acids is 2. The van der Waals surface area contributed by atoms with E-state index in [0.29, 0.717) is 43.9 Å². The van der Waals surface area contributed by atoms with Crippen molar-refractivity contribution in [2.75, 3.05) is 57.4 Å². The summed E-state index contributed by atoms with van der Waals surface area (Å²) < 4.78 is 5.37. The molecule has 8 heteroatoms. The number of carbonyl (C=O) groups is 2. The zero-order chi connectivity index (χ0) is 24.6. The smallest absolute Gasteiger partial charge is 0.254 e. The summed E-state index contributed by atoms with van der Waals surface area (Å²) in [4.78, 5) is 34.6. The van der Waals surface area contributed by atoms with Crippen molar-refractivity contribution in [3.8, 4) is 22.5 Å².